The predicted molar refractivity (Wildman–Crippen MR) is 142 cm³/mol. The first-order valence-corrected chi connectivity index (χ1v) is 14.4. The fraction of sp³-hybridized carbons (Fsp3) is 0.633. The molecule has 3 saturated carbocycles. The minimum atomic E-state index is -5.00. The number of nitrogens with zero attached hydrogens (tertiary/aromatic N) is 3. The smallest absolute Gasteiger partial charge is 0.433 e. The summed E-state index contributed by atoms with van der Waals surface area (Å²) in [6.07, 6.45) is -9.35. The molecule has 0 bridgehead atoms. The molecule has 43 heavy (non-hydrogen) atoms. The Labute approximate surface area is 244 Å². The Morgan fingerprint density at radius 2 is 1.60 bits per heavy atom. The van der Waals surface area contributed by atoms with E-state index in [0.29, 0.717) is 12.8 Å². The highest BCUT2D eigenvalue weighted by Crippen LogP contribution is 2.67. The Kier molecular flexibility index (Phi) is 7.67. The molecule has 0 saturated heterocycles. The molecule has 7 nitrogen and oxygen atoms in total. The maximum absolute atomic E-state index is 14.6. The van der Waals surface area contributed by atoms with Crippen LogP contribution in [0.4, 0.5) is 26.3 Å². The van der Waals surface area contributed by atoms with Crippen molar-refractivity contribution >= 4 is 11.9 Å². The van der Waals surface area contributed by atoms with E-state index >= 15 is 0 Å². The van der Waals surface area contributed by atoms with E-state index in [-0.39, 0.29) is 42.9 Å². The van der Waals surface area contributed by atoms with E-state index in [4.69, 9.17) is 0 Å². The average Bonchev–Trinajstić information content (AvgIpc) is 3.35. The fourth-order valence-electron chi connectivity index (χ4n) is 7.39. The van der Waals surface area contributed by atoms with Gasteiger partial charge in [0.05, 0.1) is 41.4 Å². The lowest BCUT2D eigenvalue weighted by Crippen LogP contribution is -2.43. The topological polar surface area (TPSA) is 95.7 Å². The molecule has 3 aliphatic carbocycles. The van der Waals surface area contributed by atoms with E-state index < -0.39 is 76.8 Å². The Balaban J connectivity index is 1.48. The van der Waals surface area contributed by atoms with Gasteiger partial charge < -0.3 is 15.1 Å². The summed E-state index contributed by atoms with van der Waals surface area (Å²) < 4.78 is 85.6. The summed E-state index contributed by atoms with van der Waals surface area (Å²) >= 11 is 0. The maximum atomic E-state index is 14.6. The number of hydrogen-bond acceptors (Lipinski definition) is 4. The van der Waals surface area contributed by atoms with E-state index in [9.17, 15) is 46.1 Å². The van der Waals surface area contributed by atoms with Crippen molar-refractivity contribution in [1.82, 2.24) is 14.7 Å². The van der Waals surface area contributed by atoms with Gasteiger partial charge in [0.25, 0.3) is 5.91 Å². The first kappa shape index (κ1) is 31.3. The quantitative estimate of drug-likeness (QED) is 0.337. The number of benzene rings is 1. The minimum Gasteiger partial charge on any atom is -0.481 e. The summed E-state index contributed by atoms with van der Waals surface area (Å²) in [7, 11) is 0. The van der Waals surface area contributed by atoms with Gasteiger partial charge in [0, 0.05) is 6.04 Å². The molecule has 3 fully saturated rings. The molecular weight excluding hydrogens is 580 g/mol. The summed E-state index contributed by atoms with van der Waals surface area (Å²) in [6.45, 7) is 5.04. The number of fused-ring (bicyclic) bond motifs is 1. The van der Waals surface area contributed by atoms with Gasteiger partial charge in [0.2, 0.25) is 0 Å². The lowest BCUT2D eigenvalue weighted by atomic mass is 9.74. The van der Waals surface area contributed by atoms with Crippen LogP contribution in [0, 0.1) is 22.7 Å². The SMILES string of the molecule is CC1(C(=O)O)CCC(n2ncc(C(=O)N(CC(O)c3ccccc3C(F)(F)F)[C@H]3C[C@@H]4[C@H](C3)C4(C)C)c2C(F)(F)F)CC1. The zero-order chi connectivity index (χ0) is 31.7. The number of aliphatic carboxylic acids is 1. The molecule has 1 amide bonds. The number of aliphatic hydroxyl groups is 1. The third-order valence-electron chi connectivity index (χ3n) is 10.3. The number of carbonyl (C=O) groups excluding carboxylic acids is 1. The van der Waals surface area contributed by atoms with E-state index in [0.717, 1.165) is 27.9 Å². The van der Waals surface area contributed by atoms with Crippen LogP contribution in [0.1, 0.15) is 98.6 Å². The number of hydrogen-bond donors (Lipinski definition) is 2. The zero-order valence-corrected chi connectivity index (χ0v) is 24.0. The van der Waals surface area contributed by atoms with Gasteiger partial charge in [-0.05, 0) is 74.3 Å². The van der Waals surface area contributed by atoms with Gasteiger partial charge in [0.1, 0.15) is 0 Å². The molecule has 4 atom stereocenters. The molecule has 1 aromatic carbocycles. The molecule has 3 aliphatic rings. The number of carboxylic acids is 1. The highest BCUT2D eigenvalue weighted by atomic mass is 19.4. The number of aliphatic hydroxyl groups excluding tert-OH is 1. The second kappa shape index (κ2) is 10.5. The highest BCUT2D eigenvalue weighted by molar-refractivity contribution is 5.95. The fourth-order valence-corrected chi connectivity index (χ4v) is 7.39. The van der Waals surface area contributed by atoms with Crippen molar-refractivity contribution in [3.05, 3.63) is 52.8 Å². The van der Waals surface area contributed by atoms with Crippen LogP contribution >= 0.6 is 0 Å². The number of carboxylic acid groups (broad SMARTS) is 1. The number of amides is 1. The van der Waals surface area contributed by atoms with Crippen molar-refractivity contribution < 1.29 is 46.1 Å². The van der Waals surface area contributed by atoms with Crippen molar-refractivity contribution in [2.45, 2.75) is 89.8 Å². The summed E-state index contributed by atoms with van der Waals surface area (Å²) in [5.74, 6) is -1.67. The second-order valence-electron chi connectivity index (χ2n) is 13.2. The average molecular weight is 616 g/mol. The number of rotatable bonds is 7. The first-order chi connectivity index (χ1) is 19.9. The van der Waals surface area contributed by atoms with Crippen LogP contribution in [-0.2, 0) is 17.1 Å². The molecule has 1 unspecified atom stereocenters. The van der Waals surface area contributed by atoms with Crippen LogP contribution in [0.5, 0.6) is 0 Å². The molecule has 0 radical (unpaired) electrons. The van der Waals surface area contributed by atoms with Crippen LogP contribution in [0.3, 0.4) is 0 Å². The Morgan fingerprint density at radius 3 is 2.14 bits per heavy atom. The third kappa shape index (κ3) is 5.64. The van der Waals surface area contributed by atoms with Crippen LogP contribution < -0.4 is 0 Å². The number of aromatic nitrogens is 2. The van der Waals surface area contributed by atoms with Gasteiger partial charge in [-0.1, -0.05) is 32.0 Å². The lowest BCUT2D eigenvalue weighted by molar-refractivity contribution is -0.152. The lowest BCUT2D eigenvalue weighted by Gasteiger charge is -2.35. The second-order valence-corrected chi connectivity index (χ2v) is 13.2. The summed E-state index contributed by atoms with van der Waals surface area (Å²) in [6, 6.07) is 3.03. The molecular formula is C30H35F6N3O4. The molecule has 236 valence electrons. The van der Waals surface area contributed by atoms with Crippen molar-refractivity contribution in [1.29, 1.82) is 0 Å². The normalized spacial score (nSPS) is 29.2. The summed E-state index contributed by atoms with van der Waals surface area (Å²) in [4.78, 5) is 26.7. The number of halogens is 6. The Morgan fingerprint density at radius 1 is 1.02 bits per heavy atom. The van der Waals surface area contributed by atoms with E-state index in [1.54, 1.807) is 6.92 Å². The molecule has 1 heterocycles. The Hall–Kier alpha value is -3.09. The highest BCUT2D eigenvalue weighted by Gasteiger charge is 2.63. The van der Waals surface area contributed by atoms with E-state index in [1.165, 1.54) is 12.1 Å². The molecule has 2 aromatic rings. The molecule has 5 rings (SSSR count). The van der Waals surface area contributed by atoms with Crippen molar-refractivity contribution in [3.8, 4) is 0 Å². The van der Waals surface area contributed by atoms with Crippen LogP contribution in [0.2, 0.25) is 0 Å². The van der Waals surface area contributed by atoms with E-state index in [2.05, 4.69) is 18.9 Å². The molecule has 13 heteroatoms. The monoisotopic (exact) mass is 615 g/mol. The van der Waals surface area contributed by atoms with Crippen LogP contribution in [0.15, 0.2) is 30.5 Å². The standard InChI is InChI=1S/C30H35F6N3O4/c1-27(2)21-12-17(13-22(21)27)38(15-23(40)18-6-4-5-7-20(18)29(31,32)33)25(41)19-14-37-39(24(19)30(34,35)36)16-8-10-28(3,11-9-16)26(42)43/h4-7,14,16-17,21-23,40H,8-13,15H2,1-3H3,(H,42,43)/t16?,17-,21+,22-,23?,28?. The molecule has 2 N–H and O–H groups in total. The molecule has 0 spiro atoms. The minimum absolute atomic E-state index is 0.000164. The van der Waals surface area contributed by atoms with Crippen molar-refractivity contribution in [2.75, 3.05) is 6.54 Å². The number of carbonyl (C=O) groups is 2. The predicted octanol–water partition coefficient (Wildman–Crippen LogP) is 6.74. The summed E-state index contributed by atoms with van der Waals surface area (Å²) in [5, 5.41) is 24.5. The molecule has 0 aliphatic heterocycles. The summed E-state index contributed by atoms with van der Waals surface area (Å²) in [5.41, 5.74) is -4.64. The van der Waals surface area contributed by atoms with Gasteiger partial charge in [-0.3, -0.25) is 14.3 Å². The van der Waals surface area contributed by atoms with Crippen molar-refractivity contribution in [2.24, 2.45) is 22.7 Å². The largest absolute Gasteiger partial charge is 0.481 e. The van der Waals surface area contributed by atoms with Gasteiger partial charge in [-0.25, -0.2) is 0 Å². The molecule has 1 aromatic heterocycles. The van der Waals surface area contributed by atoms with Gasteiger partial charge in [-0.15, -0.1) is 0 Å². The number of alkyl halides is 6. The van der Waals surface area contributed by atoms with Crippen LogP contribution in [-0.4, -0.2) is 49.4 Å². The third-order valence-corrected chi connectivity index (χ3v) is 10.3. The van der Waals surface area contributed by atoms with Gasteiger partial charge in [-0.2, -0.15) is 31.4 Å². The van der Waals surface area contributed by atoms with Crippen LogP contribution in [0.25, 0.3) is 0 Å². The van der Waals surface area contributed by atoms with Gasteiger partial charge in [0.15, 0.2) is 5.69 Å². The Bertz CT molecular complexity index is 1380. The first-order valence-electron chi connectivity index (χ1n) is 14.4. The maximum Gasteiger partial charge on any atom is 0.433 e. The van der Waals surface area contributed by atoms with E-state index in [1.807, 2.05) is 0 Å². The zero-order valence-electron chi connectivity index (χ0n) is 24.0. The van der Waals surface area contributed by atoms with Gasteiger partial charge >= 0.3 is 18.3 Å². The van der Waals surface area contributed by atoms with Crippen molar-refractivity contribution in [3.63, 3.8) is 0 Å².